The van der Waals surface area contributed by atoms with E-state index in [0.717, 1.165) is 7.16 Å². The van der Waals surface area contributed by atoms with Crippen molar-refractivity contribution in [2.45, 2.75) is 24.9 Å². The molecule has 2 aliphatic rings. The second-order valence-electron chi connectivity index (χ2n) is 7.20. The van der Waals surface area contributed by atoms with E-state index in [1.807, 2.05) is 36.4 Å². The van der Waals surface area contributed by atoms with E-state index in [1.165, 1.54) is 16.8 Å². The molecule has 29 heavy (non-hydrogen) atoms. The van der Waals surface area contributed by atoms with Crippen LogP contribution in [0.2, 0.25) is 0 Å². The van der Waals surface area contributed by atoms with Crippen LogP contribution in [0.3, 0.4) is 0 Å². The van der Waals surface area contributed by atoms with Crippen molar-refractivity contribution < 1.29 is 10.9 Å². The Labute approximate surface area is 171 Å². The topological polar surface area (TPSA) is 82.5 Å². The van der Waals surface area contributed by atoms with Crippen molar-refractivity contribution in [3.05, 3.63) is 93.8 Å². The first-order valence-corrected chi connectivity index (χ1v) is 14.7. The Morgan fingerprint density at radius 3 is 2.17 bits per heavy atom. The van der Waals surface area contributed by atoms with Crippen LogP contribution in [0.4, 0.5) is 0 Å². The number of rotatable bonds is 3. The van der Waals surface area contributed by atoms with Gasteiger partial charge in [-0.15, -0.1) is 0 Å². The molecule has 0 aliphatic carbocycles. The van der Waals surface area contributed by atoms with Gasteiger partial charge in [0.05, 0.1) is 0 Å². The summed E-state index contributed by atoms with van der Waals surface area (Å²) in [6, 6.07) is 21.6. The number of hydrogen-bond donors (Lipinski definition) is 1. The Bertz CT molecular complexity index is 1080. The summed E-state index contributed by atoms with van der Waals surface area (Å²) in [6.07, 6.45) is 1.07. The fraction of sp³-hybridized carbons (Fsp3) is 0.238. The summed E-state index contributed by atoms with van der Waals surface area (Å²) in [4.78, 5) is 25.8. The average Bonchev–Trinajstić information content (AvgIpc) is 3.17. The molecule has 3 heterocycles. The molecular weight excluding hydrogens is 479 g/mol. The van der Waals surface area contributed by atoms with Gasteiger partial charge >= 0.3 is 172 Å². The van der Waals surface area contributed by atoms with E-state index < -0.39 is 36.7 Å². The van der Waals surface area contributed by atoms with Crippen molar-refractivity contribution in [1.29, 1.82) is 0 Å². The molecule has 0 saturated carbocycles. The van der Waals surface area contributed by atoms with Crippen LogP contribution >= 0.6 is 0 Å². The second-order valence-corrected chi connectivity index (χ2v) is 15.5. The fourth-order valence-corrected chi connectivity index (χ4v) is 13.6. The van der Waals surface area contributed by atoms with Gasteiger partial charge in [-0.05, 0) is 0 Å². The number of H-pyrrole nitrogens is 1. The van der Waals surface area contributed by atoms with Gasteiger partial charge in [-0.1, -0.05) is 0 Å². The van der Waals surface area contributed by atoms with Gasteiger partial charge in [0, 0.05) is 0 Å². The molecule has 1 N–H and O–H groups in total. The van der Waals surface area contributed by atoms with Crippen LogP contribution in [-0.4, -0.2) is 47.6 Å². The van der Waals surface area contributed by atoms with E-state index in [2.05, 4.69) is 29.2 Å². The molecule has 2 fully saturated rings. The molecule has 3 aromatic rings. The van der Waals surface area contributed by atoms with Gasteiger partial charge in [0.1, 0.15) is 0 Å². The monoisotopic (exact) mass is 500 g/mol. The third-order valence-corrected chi connectivity index (χ3v) is 15.1. The predicted molar refractivity (Wildman–Crippen MR) is 109 cm³/mol. The van der Waals surface area contributed by atoms with Crippen LogP contribution in [0.15, 0.2) is 82.5 Å². The van der Waals surface area contributed by atoms with Gasteiger partial charge in [0.15, 0.2) is 0 Å². The van der Waals surface area contributed by atoms with Crippen molar-refractivity contribution in [3.63, 3.8) is 0 Å². The molecule has 0 radical (unpaired) electrons. The first-order valence-electron chi connectivity index (χ1n) is 9.55. The molecule has 2 aromatic carbocycles. The number of aromatic nitrogens is 2. The standard InChI is InChI=1S/C9H10N2O5.2C6H5.Sn/c12-4-6-5(13)3-8(16-6)11-2-1-7(14)10-9(11)15;2*1-2-4-6-5-3-1;/h1-2,5-6,8H,3-4H2,(H,10,14,15);2*1-5H;/q-2;;;+2. The third kappa shape index (κ3) is 3.37. The Hall–Kier alpha value is -2.20. The maximum absolute atomic E-state index is 12.2. The van der Waals surface area contributed by atoms with E-state index in [4.69, 9.17) is 10.9 Å². The minimum atomic E-state index is -3.85. The number of nitrogens with one attached hydrogen (secondary N) is 1. The molecule has 3 unspecified atom stereocenters. The summed E-state index contributed by atoms with van der Waals surface area (Å²) in [5.41, 5.74) is -0.910. The van der Waals surface area contributed by atoms with Gasteiger partial charge in [0.25, 0.3) is 0 Å². The maximum atomic E-state index is 12.2. The summed E-state index contributed by atoms with van der Waals surface area (Å²) in [7, 11) is 0. The van der Waals surface area contributed by atoms with Gasteiger partial charge in [0.2, 0.25) is 0 Å². The molecule has 1 aromatic heterocycles. The van der Waals surface area contributed by atoms with Crippen LogP contribution in [-0.2, 0) is 10.9 Å². The van der Waals surface area contributed by atoms with E-state index in [9.17, 15) is 9.59 Å². The first kappa shape index (κ1) is 18.8. The molecule has 8 heteroatoms. The summed E-state index contributed by atoms with van der Waals surface area (Å²) in [6.45, 7) is 0.416. The predicted octanol–water partition coefficient (Wildman–Crippen LogP) is 0.496. The second kappa shape index (κ2) is 7.56. The molecule has 2 saturated heterocycles. The van der Waals surface area contributed by atoms with Crippen LogP contribution < -0.4 is 18.4 Å². The zero-order valence-electron chi connectivity index (χ0n) is 15.6. The van der Waals surface area contributed by atoms with Crippen LogP contribution in [0, 0.1) is 0 Å². The number of hydrogen-bond acceptors (Lipinski definition) is 5. The SMILES string of the molecule is O=c1ccn(C2CC3[O][Sn]([c]4ccccc4)([c]4ccccc4)[O]CC3O2)c(=O)[nH]1. The Kier molecular flexibility index (Phi) is 4.90. The molecule has 5 rings (SSSR count). The van der Waals surface area contributed by atoms with E-state index >= 15 is 0 Å². The van der Waals surface area contributed by atoms with Crippen LogP contribution in [0.1, 0.15) is 12.6 Å². The molecule has 0 amide bonds. The molecule has 2 aliphatic heterocycles. The summed E-state index contributed by atoms with van der Waals surface area (Å²) < 4.78 is 22.9. The average molecular weight is 499 g/mol. The van der Waals surface area contributed by atoms with Gasteiger partial charge in [-0.25, -0.2) is 0 Å². The summed E-state index contributed by atoms with van der Waals surface area (Å²) >= 11 is -3.85. The summed E-state index contributed by atoms with van der Waals surface area (Å²) in [5, 5.41) is 0. The number of aromatic amines is 1. The Balaban J connectivity index is 1.49. The Morgan fingerprint density at radius 1 is 0.897 bits per heavy atom. The summed E-state index contributed by atoms with van der Waals surface area (Å²) in [5.74, 6) is 0. The molecule has 0 spiro atoms. The number of fused-ring (bicyclic) bond motifs is 1. The number of ether oxygens (including phenoxy) is 1. The first-order chi connectivity index (χ1) is 14.2. The quantitative estimate of drug-likeness (QED) is 0.532. The van der Waals surface area contributed by atoms with Crippen LogP contribution in [0.5, 0.6) is 0 Å². The van der Waals surface area contributed by atoms with Crippen molar-refractivity contribution in [3.8, 4) is 0 Å². The van der Waals surface area contributed by atoms with Crippen molar-refractivity contribution in [2.24, 2.45) is 0 Å². The Morgan fingerprint density at radius 2 is 1.55 bits per heavy atom. The van der Waals surface area contributed by atoms with Gasteiger partial charge in [-0.3, -0.25) is 0 Å². The molecular formula is C21H20N2O5Sn. The molecule has 7 nitrogen and oxygen atoms in total. The number of nitrogens with zero attached hydrogens (tertiary/aromatic N) is 1. The van der Waals surface area contributed by atoms with E-state index in [0.29, 0.717) is 13.0 Å². The molecule has 3 atom stereocenters. The van der Waals surface area contributed by atoms with E-state index in [-0.39, 0.29) is 12.2 Å². The third-order valence-electron chi connectivity index (χ3n) is 5.42. The zero-order valence-corrected chi connectivity index (χ0v) is 18.4. The fourth-order valence-electron chi connectivity index (χ4n) is 4.03. The van der Waals surface area contributed by atoms with Crippen molar-refractivity contribution in [2.75, 3.05) is 6.61 Å². The molecule has 0 bridgehead atoms. The number of benzene rings is 2. The molecule has 148 valence electrons. The minimum absolute atomic E-state index is 0.177. The normalized spacial score (nSPS) is 25.4. The zero-order chi connectivity index (χ0) is 19.8. The van der Waals surface area contributed by atoms with Crippen molar-refractivity contribution >= 4 is 26.4 Å². The van der Waals surface area contributed by atoms with Crippen molar-refractivity contribution in [1.82, 2.24) is 9.55 Å². The van der Waals surface area contributed by atoms with E-state index in [1.54, 1.807) is 0 Å². The van der Waals surface area contributed by atoms with Gasteiger partial charge in [-0.2, -0.15) is 0 Å². The van der Waals surface area contributed by atoms with Gasteiger partial charge < -0.3 is 0 Å². The van der Waals surface area contributed by atoms with Crippen LogP contribution in [0.25, 0.3) is 0 Å².